The van der Waals surface area contributed by atoms with E-state index in [1.807, 2.05) is 6.92 Å². The molecular formula is C14H20O4. The lowest BCUT2D eigenvalue weighted by Crippen LogP contribution is -2.53. The van der Waals surface area contributed by atoms with E-state index in [-0.39, 0.29) is 23.9 Å². The first kappa shape index (κ1) is 12.4. The van der Waals surface area contributed by atoms with Crippen molar-refractivity contribution in [2.24, 2.45) is 0 Å². The summed E-state index contributed by atoms with van der Waals surface area (Å²) in [6.45, 7) is 6.12. The molecule has 3 aliphatic rings. The summed E-state index contributed by atoms with van der Waals surface area (Å²) in [4.78, 5) is 0. The van der Waals surface area contributed by atoms with Crippen molar-refractivity contribution < 1.29 is 19.3 Å². The second-order valence-electron chi connectivity index (χ2n) is 5.61. The second kappa shape index (κ2) is 4.48. The van der Waals surface area contributed by atoms with Crippen molar-refractivity contribution in [2.75, 3.05) is 6.61 Å². The molecule has 0 aromatic rings. The number of aliphatic hydroxyl groups excluding tert-OH is 1. The molecule has 1 unspecified atom stereocenters. The van der Waals surface area contributed by atoms with E-state index in [0.717, 1.165) is 31.3 Å². The van der Waals surface area contributed by atoms with Crippen molar-refractivity contribution in [3.8, 4) is 0 Å². The third kappa shape index (κ3) is 1.94. The quantitative estimate of drug-likeness (QED) is 0.757. The molecule has 4 heteroatoms. The zero-order valence-corrected chi connectivity index (χ0v) is 10.7. The SMILES string of the molecule is C=C=C(C)C[C@H]1CC[C@@H]2O[C@@H]3CC2(CO[C@H]3O)O1. The van der Waals surface area contributed by atoms with E-state index in [4.69, 9.17) is 14.2 Å². The Morgan fingerprint density at radius 3 is 3.11 bits per heavy atom. The number of hydrogen-bond donors (Lipinski definition) is 1. The first-order valence-electron chi connectivity index (χ1n) is 6.61. The highest BCUT2D eigenvalue weighted by atomic mass is 16.7. The van der Waals surface area contributed by atoms with Crippen molar-refractivity contribution in [3.05, 3.63) is 17.9 Å². The molecule has 1 N–H and O–H groups in total. The Labute approximate surface area is 107 Å². The molecule has 5 atom stereocenters. The third-order valence-corrected chi connectivity index (χ3v) is 4.28. The molecule has 2 bridgehead atoms. The summed E-state index contributed by atoms with van der Waals surface area (Å²) >= 11 is 0. The van der Waals surface area contributed by atoms with Gasteiger partial charge in [-0.3, -0.25) is 0 Å². The highest BCUT2D eigenvalue weighted by Crippen LogP contribution is 2.46. The van der Waals surface area contributed by atoms with Crippen LogP contribution in [0.3, 0.4) is 0 Å². The summed E-state index contributed by atoms with van der Waals surface area (Å²) in [5.41, 5.74) is 3.70. The molecule has 18 heavy (non-hydrogen) atoms. The third-order valence-electron chi connectivity index (χ3n) is 4.28. The van der Waals surface area contributed by atoms with Crippen molar-refractivity contribution in [1.82, 2.24) is 0 Å². The van der Waals surface area contributed by atoms with Gasteiger partial charge in [-0.25, -0.2) is 0 Å². The Morgan fingerprint density at radius 2 is 2.33 bits per heavy atom. The number of fused-ring (bicyclic) bond motifs is 1. The predicted octanol–water partition coefficient (Wildman–Crippen LogP) is 1.53. The summed E-state index contributed by atoms with van der Waals surface area (Å²) in [5.74, 6) is 0. The Bertz CT molecular complexity index is 387. The molecule has 3 saturated heterocycles. The molecule has 3 aliphatic heterocycles. The summed E-state index contributed by atoms with van der Waals surface area (Å²) in [6.07, 6.45) is 2.81. The average Bonchev–Trinajstić information content (AvgIpc) is 2.68. The van der Waals surface area contributed by atoms with E-state index in [1.165, 1.54) is 0 Å². The van der Waals surface area contributed by atoms with Gasteiger partial charge >= 0.3 is 0 Å². The average molecular weight is 252 g/mol. The predicted molar refractivity (Wildman–Crippen MR) is 65.0 cm³/mol. The zero-order valence-electron chi connectivity index (χ0n) is 10.7. The Balaban J connectivity index is 1.73. The van der Waals surface area contributed by atoms with Gasteiger partial charge < -0.3 is 19.3 Å². The van der Waals surface area contributed by atoms with Crippen molar-refractivity contribution in [1.29, 1.82) is 0 Å². The van der Waals surface area contributed by atoms with Crippen LogP contribution in [-0.2, 0) is 14.2 Å². The lowest BCUT2D eigenvalue weighted by molar-refractivity contribution is -0.221. The van der Waals surface area contributed by atoms with Crippen molar-refractivity contribution >= 4 is 0 Å². The van der Waals surface area contributed by atoms with Crippen LogP contribution in [-0.4, -0.2) is 41.9 Å². The summed E-state index contributed by atoms with van der Waals surface area (Å²) < 4.78 is 17.5. The monoisotopic (exact) mass is 252 g/mol. The zero-order chi connectivity index (χ0) is 12.8. The number of aliphatic hydroxyl groups is 1. The van der Waals surface area contributed by atoms with Gasteiger partial charge in [-0.05, 0) is 25.3 Å². The maximum atomic E-state index is 9.66. The standard InChI is InChI=1S/C14H20O4/c1-3-9(2)6-10-4-5-12-14(18-10)7-11(17-12)13(15)16-8-14/h10-13,15H,1,4-8H2,2H3/t10-,11-,12+,13-,14?/m1/s1. The lowest BCUT2D eigenvalue weighted by Gasteiger charge is -2.42. The maximum absolute atomic E-state index is 9.66. The molecule has 0 aromatic carbocycles. The van der Waals surface area contributed by atoms with Crippen LogP contribution in [0.5, 0.6) is 0 Å². The summed E-state index contributed by atoms with van der Waals surface area (Å²) in [6, 6.07) is 0. The number of rotatable bonds is 2. The van der Waals surface area contributed by atoms with Gasteiger partial charge in [0.1, 0.15) is 11.7 Å². The molecular weight excluding hydrogens is 232 g/mol. The Kier molecular flexibility index (Phi) is 3.08. The fraction of sp³-hybridized carbons (Fsp3) is 0.786. The molecule has 3 rings (SSSR count). The van der Waals surface area contributed by atoms with Crippen LogP contribution in [0.25, 0.3) is 0 Å². The van der Waals surface area contributed by atoms with Gasteiger partial charge in [-0.15, -0.1) is 5.73 Å². The summed E-state index contributed by atoms with van der Waals surface area (Å²) in [5, 5.41) is 9.66. The molecule has 0 amide bonds. The topological polar surface area (TPSA) is 47.9 Å². The molecule has 3 heterocycles. The molecule has 0 aromatic heterocycles. The van der Waals surface area contributed by atoms with Gasteiger partial charge in [-0.2, -0.15) is 0 Å². The minimum atomic E-state index is -0.793. The van der Waals surface area contributed by atoms with E-state index >= 15 is 0 Å². The van der Waals surface area contributed by atoms with Gasteiger partial charge in [-0.1, -0.05) is 6.58 Å². The number of ether oxygens (including phenoxy) is 3. The maximum Gasteiger partial charge on any atom is 0.181 e. The van der Waals surface area contributed by atoms with Crippen molar-refractivity contribution in [3.63, 3.8) is 0 Å². The van der Waals surface area contributed by atoms with Crippen LogP contribution in [0.2, 0.25) is 0 Å². The smallest absolute Gasteiger partial charge is 0.181 e. The molecule has 0 aliphatic carbocycles. The van der Waals surface area contributed by atoms with Gasteiger partial charge in [0.15, 0.2) is 6.29 Å². The first-order chi connectivity index (χ1) is 8.63. The first-order valence-corrected chi connectivity index (χ1v) is 6.61. The van der Waals surface area contributed by atoms with Crippen LogP contribution < -0.4 is 0 Å². The lowest BCUT2D eigenvalue weighted by atomic mass is 9.85. The van der Waals surface area contributed by atoms with E-state index < -0.39 is 6.29 Å². The van der Waals surface area contributed by atoms with E-state index in [1.54, 1.807) is 0 Å². The number of hydrogen-bond acceptors (Lipinski definition) is 4. The van der Waals surface area contributed by atoms with E-state index in [0.29, 0.717) is 6.61 Å². The minimum absolute atomic E-state index is 0.0731. The van der Waals surface area contributed by atoms with Crippen LogP contribution in [0.1, 0.15) is 32.6 Å². The van der Waals surface area contributed by atoms with E-state index in [2.05, 4.69) is 12.3 Å². The van der Waals surface area contributed by atoms with E-state index in [9.17, 15) is 5.11 Å². The fourth-order valence-electron chi connectivity index (χ4n) is 3.28. The normalized spacial score (nSPS) is 46.3. The van der Waals surface area contributed by atoms with Crippen molar-refractivity contribution in [2.45, 2.75) is 62.8 Å². The van der Waals surface area contributed by atoms with Crippen LogP contribution in [0, 0.1) is 0 Å². The molecule has 1 spiro atoms. The molecule has 0 saturated carbocycles. The molecule has 3 fully saturated rings. The largest absolute Gasteiger partial charge is 0.366 e. The van der Waals surface area contributed by atoms with Gasteiger partial charge in [0.2, 0.25) is 0 Å². The molecule has 0 radical (unpaired) electrons. The van der Waals surface area contributed by atoms with Crippen LogP contribution in [0.4, 0.5) is 0 Å². The van der Waals surface area contributed by atoms with Gasteiger partial charge in [0, 0.05) is 12.8 Å². The molecule has 100 valence electrons. The van der Waals surface area contributed by atoms with Crippen LogP contribution >= 0.6 is 0 Å². The summed E-state index contributed by atoms with van der Waals surface area (Å²) in [7, 11) is 0. The Morgan fingerprint density at radius 1 is 1.50 bits per heavy atom. The minimum Gasteiger partial charge on any atom is -0.366 e. The molecule has 4 nitrogen and oxygen atoms in total. The highest BCUT2D eigenvalue weighted by Gasteiger charge is 2.58. The fourth-order valence-corrected chi connectivity index (χ4v) is 3.28. The van der Waals surface area contributed by atoms with Gasteiger partial charge in [0.25, 0.3) is 0 Å². The second-order valence-corrected chi connectivity index (χ2v) is 5.61. The highest BCUT2D eigenvalue weighted by molar-refractivity contribution is 5.06. The Hall–Kier alpha value is -0.640. The van der Waals surface area contributed by atoms with Gasteiger partial charge in [0.05, 0.1) is 18.8 Å². The van der Waals surface area contributed by atoms with Crippen LogP contribution in [0.15, 0.2) is 17.9 Å².